The number of nitriles is 1. The monoisotopic (exact) mass is 766 g/mol. The van der Waals surface area contributed by atoms with Crippen LogP contribution in [0.1, 0.15) is 5.56 Å². The third-order valence-corrected chi connectivity index (χ3v) is 11.5. The number of hydrogen-bond acceptors (Lipinski definition) is 6. The van der Waals surface area contributed by atoms with Gasteiger partial charge < -0.3 is 8.83 Å². The number of nitrogens with zero attached hydrogens (tertiary/aromatic N) is 4. The number of para-hydroxylation sites is 2. The van der Waals surface area contributed by atoms with Gasteiger partial charge in [0.25, 0.3) is 0 Å². The molecule has 12 rings (SSSR count). The minimum absolute atomic E-state index is 0.570. The fourth-order valence-corrected chi connectivity index (χ4v) is 8.61. The van der Waals surface area contributed by atoms with Crippen molar-refractivity contribution in [2.45, 2.75) is 0 Å². The Morgan fingerprint density at radius 3 is 1.58 bits per heavy atom. The summed E-state index contributed by atoms with van der Waals surface area (Å²) in [5, 5.41) is 17.9. The predicted molar refractivity (Wildman–Crippen MR) is 241 cm³/mol. The molecule has 0 unspecified atom stereocenters. The van der Waals surface area contributed by atoms with Gasteiger partial charge >= 0.3 is 0 Å². The maximum atomic E-state index is 9.42. The minimum atomic E-state index is 0.570. The minimum Gasteiger partial charge on any atom is -0.456 e. The van der Waals surface area contributed by atoms with Gasteiger partial charge in [-0.25, -0.2) is 15.0 Å². The van der Waals surface area contributed by atoms with E-state index in [1.165, 1.54) is 0 Å². The highest BCUT2D eigenvalue weighted by Gasteiger charge is 2.20. The van der Waals surface area contributed by atoms with Crippen molar-refractivity contribution in [1.82, 2.24) is 15.0 Å². The highest BCUT2D eigenvalue weighted by molar-refractivity contribution is 6.30. The molecule has 0 amide bonds. The normalized spacial score (nSPS) is 11.7. The third kappa shape index (κ3) is 5.45. The van der Waals surface area contributed by atoms with Gasteiger partial charge in [-0.3, -0.25) is 0 Å². The molecule has 9 aromatic carbocycles. The summed E-state index contributed by atoms with van der Waals surface area (Å²) < 4.78 is 12.9. The van der Waals surface area contributed by atoms with Crippen molar-refractivity contribution in [2.24, 2.45) is 0 Å². The smallest absolute Gasteiger partial charge is 0.164 e. The standard InChI is InChI=1S/C54H30N4O2/c55-31-32-9-8-12-36(27-32)33-17-19-34(20-18-33)37-21-24-40-41-25-22-38(30-46(41)51-50(45(40)28-37)43-14-5-7-16-48(43)60-51)53-56-52(35-10-2-1-3-11-35)57-54(58-53)39-23-26-49-44(29-39)42-13-4-6-15-47(42)59-49/h1-30H. The molecule has 0 spiro atoms. The number of benzene rings is 9. The Hall–Kier alpha value is -8.40. The average Bonchev–Trinajstić information content (AvgIpc) is 3.90. The number of hydrogen-bond donors (Lipinski definition) is 0. The van der Waals surface area contributed by atoms with E-state index in [1.54, 1.807) is 0 Å². The second kappa shape index (κ2) is 13.3. The SMILES string of the molecule is N#Cc1cccc(-c2ccc(-c3ccc4c5ccc(-c6nc(-c7ccccc7)nc(-c7ccc8oc9ccccc9c8c7)n6)cc5c5oc6ccccc6c5c4c3)cc2)c1. The van der Waals surface area contributed by atoms with Crippen LogP contribution >= 0.6 is 0 Å². The van der Waals surface area contributed by atoms with E-state index in [2.05, 4.69) is 91.0 Å². The lowest BCUT2D eigenvalue weighted by atomic mass is 9.92. The fourth-order valence-electron chi connectivity index (χ4n) is 8.61. The van der Waals surface area contributed by atoms with Crippen LogP contribution in [0.25, 0.3) is 122 Å². The van der Waals surface area contributed by atoms with Crippen LogP contribution in [0.5, 0.6) is 0 Å². The Labute approximate surface area is 343 Å². The van der Waals surface area contributed by atoms with Gasteiger partial charge in [0, 0.05) is 43.6 Å². The molecule has 12 aromatic rings. The Morgan fingerprint density at radius 1 is 0.333 bits per heavy atom. The van der Waals surface area contributed by atoms with Crippen LogP contribution in [0.3, 0.4) is 0 Å². The predicted octanol–water partition coefficient (Wildman–Crippen LogP) is 14.2. The molecule has 0 N–H and O–H groups in total. The van der Waals surface area contributed by atoms with Crippen LogP contribution in [0.2, 0.25) is 0 Å². The summed E-state index contributed by atoms with van der Waals surface area (Å²) in [6, 6.07) is 64.1. The summed E-state index contributed by atoms with van der Waals surface area (Å²) >= 11 is 0. The summed E-state index contributed by atoms with van der Waals surface area (Å²) in [6.07, 6.45) is 0. The van der Waals surface area contributed by atoms with E-state index in [0.29, 0.717) is 23.0 Å². The van der Waals surface area contributed by atoms with Gasteiger partial charge in [-0.15, -0.1) is 0 Å². The molecule has 3 heterocycles. The Morgan fingerprint density at radius 2 is 0.850 bits per heavy atom. The van der Waals surface area contributed by atoms with Crippen molar-refractivity contribution in [3.05, 3.63) is 188 Å². The van der Waals surface area contributed by atoms with Gasteiger partial charge in [-0.05, 0) is 93.0 Å². The highest BCUT2D eigenvalue weighted by atomic mass is 16.3. The lowest BCUT2D eigenvalue weighted by molar-refractivity contribution is 0.669. The molecule has 0 fully saturated rings. The zero-order valence-electron chi connectivity index (χ0n) is 31.9. The van der Waals surface area contributed by atoms with Crippen LogP contribution in [0.4, 0.5) is 0 Å². The largest absolute Gasteiger partial charge is 0.456 e. The molecule has 0 aliphatic rings. The molecule has 0 bridgehead atoms. The van der Waals surface area contributed by atoms with Crippen molar-refractivity contribution in [2.75, 3.05) is 0 Å². The van der Waals surface area contributed by atoms with Crippen molar-refractivity contribution < 1.29 is 8.83 Å². The summed E-state index contributed by atoms with van der Waals surface area (Å²) in [5.74, 6) is 1.74. The van der Waals surface area contributed by atoms with Crippen LogP contribution in [-0.4, -0.2) is 15.0 Å². The average molecular weight is 767 g/mol. The molecular formula is C54H30N4O2. The molecule has 0 radical (unpaired) electrons. The molecule has 6 heteroatoms. The summed E-state index contributed by atoms with van der Waals surface area (Å²) in [7, 11) is 0. The van der Waals surface area contributed by atoms with Gasteiger partial charge in [0.15, 0.2) is 17.5 Å². The van der Waals surface area contributed by atoms with Gasteiger partial charge in [0.2, 0.25) is 0 Å². The number of furan rings is 2. The molecule has 3 aromatic heterocycles. The van der Waals surface area contributed by atoms with Gasteiger partial charge in [0.05, 0.1) is 11.6 Å². The van der Waals surface area contributed by atoms with E-state index in [0.717, 1.165) is 104 Å². The topological polar surface area (TPSA) is 88.7 Å². The fraction of sp³-hybridized carbons (Fsp3) is 0. The number of fused-ring (bicyclic) bond motifs is 11. The van der Waals surface area contributed by atoms with E-state index in [-0.39, 0.29) is 0 Å². The molecule has 278 valence electrons. The molecule has 60 heavy (non-hydrogen) atoms. The molecule has 6 nitrogen and oxygen atoms in total. The van der Waals surface area contributed by atoms with E-state index >= 15 is 0 Å². The first-order valence-corrected chi connectivity index (χ1v) is 19.8. The first kappa shape index (κ1) is 33.7. The van der Waals surface area contributed by atoms with Crippen LogP contribution in [-0.2, 0) is 0 Å². The summed E-state index contributed by atoms with van der Waals surface area (Å²) in [4.78, 5) is 15.3. The molecule has 0 saturated carbocycles. The second-order valence-electron chi connectivity index (χ2n) is 15.1. The van der Waals surface area contributed by atoms with Crippen molar-refractivity contribution in [3.63, 3.8) is 0 Å². The van der Waals surface area contributed by atoms with E-state index in [4.69, 9.17) is 23.8 Å². The zero-order valence-corrected chi connectivity index (χ0v) is 31.9. The second-order valence-corrected chi connectivity index (χ2v) is 15.1. The van der Waals surface area contributed by atoms with Gasteiger partial charge in [0.1, 0.15) is 22.3 Å². The Balaban J connectivity index is 1.03. The van der Waals surface area contributed by atoms with Crippen molar-refractivity contribution in [1.29, 1.82) is 5.26 Å². The van der Waals surface area contributed by atoms with E-state index in [9.17, 15) is 5.26 Å². The van der Waals surface area contributed by atoms with E-state index < -0.39 is 0 Å². The maximum Gasteiger partial charge on any atom is 0.164 e. The zero-order chi connectivity index (χ0) is 39.7. The van der Waals surface area contributed by atoms with Crippen molar-refractivity contribution >= 4 is 65.4 Å². The molecule has 0 saturated heterocycles. The van der Waals surface area contributed by atoms with Crippen molar-refractivity contribution in [3.8, 4) is 62.5 Å². The van der Waals surface area contributed by atoms with Crippen LogP contribution in [0, 0.1) is 11.3 Å². The van der Waals surface area contributed by atoms with Gasteiger partial charge in [-0.2, -0.15) is 5.26 Å². The quantitative estimate of drug-likeness (QED) is 0.162. The van der Waals surface area contributed by atoms with Gasteiger partial charge in [-0.1, -0.05) is 127 Å². The number of aromatic nitrogens is 3. The highest BCUT2D eigenvalue weighted by Crippen LogP contribution is 2.43. The first-order chi connectivity index (χ1) is 29.6. The summed E-state index contributed by atoms with van der Waals surface area (Å²) in [6.45, 7) is 0. The van der Waals surface area contributed by atoms with E-state index in [1.807, 2.05) is 97.1 Å². The molecular weight excluding hydrogens is 737 g/mol. The lowest BCUT2D eigenvalue weighted by Crippen LogP contribution is -2.00. The maximum absolute atomic E-state index is 9.42. The Bertz CT molecular complexity index is 3730. The molecule has 0 atom stereocenters. The first-order valence-electron chi connectivity index (χ1n) is 19.8. The van der Waals surface area contributed by atoms with Crippen LogP contribution < -0.4 is 0 Å². The summed E-state index contributed by atoms with van der Waals surface area (Å²) in [5.41, 5.74) is 10.9. The lowest BCUT2D eigenvalue weighted by Gasteiger charge is -2.12. The molecule has 0 aliphatic heterocycles. The Kier molecular flexibility index (Phi) is 7.50. The van der Waals surface area contributed by atoms with Crippen LogP contribution in [0.15, 0.2) is 191 Å². The number of rotatable bonds is 5. The third-order valence-electron chi connectivity index (χ3n) is 11.5. The molecule has 0 aliphatic carbocycles.